The van der Waals surface area contributed by atoms with Crippen molar-refractivity contribution in [3.63, 3.8) is 0 Å². The molecule has 5 nitrogen and oxygen atoms in total. The van der Waals surface area contributed by atoms with E-state index in [9.17, 15) is 9.59 Å². The lowest BCUT2D eigenvalue weighted by atomic mass is 10.1. The summed E-state index contributed by atoms with van der Waals surface area (Å²) in [5, 5.41) is 0. The molecule has 24 heavy (non-hydrogen) atoms. The molecule has 0 amide bonds. The fraction of sp³-hybridized carbons (Fsp3) is 0.167. The molecule has 0 saturated heterocycles. The van der Waals surface area contributed by atoms with Crippen LogP contribution in [0.15, 0.2) is 64.5 Å². The molecule has 0 aromatic heterocycles. The lowest BCUT2D eigenvalue weighted by molar-refractivity contribution is -0.140. The summed E-state index contributed by atoms with van der Waals surface area (Å²) in [5.41, 5.74) is 1.15. The second-order valence-corrected chi connectivity index (χ2v) is 6.37. The van der Waals surface area contributed by atoms with Crippen LogP contribution < -0.4 is 4.74 Å². The molecule has 1 aliphatic heterocycles. The average Bonchev–Trinajstić information content (AvgIpc) is 3.30. The van der Waals surface area contributed by atoms with Crippen LogP contribution in [0.2, 0.25) is 0 Å². The van der Waals surface area contributed by atoms with Crippen LogP contribution in [0.3, 0.4) is 0 Å². The highest BCUT2D eigenvalue weighted by Gasteiger charge is 2.58. The highest BCUT2D eigenvalue weighted by molar-refractivity contribution is 8.02. The van der Waals surface area contributed by atoms with Gasteiger partial charge in [0.15, 0.2) is 0 Å². The van der Waals surface area contributed by atoms with Gasteiger partial charge in [-0.05, 0) is 24.3 Å². The number of hydrogen-bond acceptors (Lipinski definition) is 6. The van der Waals surface area contributed by atoms with E-state index in [1.165, 1.54) is 25.8 Å². The van der Waals surface area contributed by atoms with E-state index in [0.717, 1.165) is 4.90 Å². The topological polar surface area (TPSA) is 65.0 Å². The maximum Gasteiger partial charge on any atom is 0.351 e. The summed E-state index contributed by atoms with van der Waals surface area (Å²) in [6.07, 6.45) is 0. The third kappa shape index (κ3) is 3.05. The number of hydrogen-bond donors (Lipinski definition) is 0. The Morgan fingerprint density at radius 3 is 2.38 bits per heavy atom. The highest BCUT2D eigenvalue weighted by Crippen LogP contribution is 2.49. The summed E-state index contributed by atoms with van der Waals surface area (Å²) < 4.78 is 10.2. The molecule has 3 rings (SSSR count). The Kier molecular flexibility index (Phi) is 4.40. The average molecular weight is 341 g/mol. The summed E-state index contributed by atoms with van der Waals surface area (Å²) >= 11 is 1.30. The van der Waals surface area contributed by atoms with Gasteiger partial charge in [-0.15, -0.1) is 0 Å². The first-order valence-corrected chi connectivity index (χ1v) is 8.09. The number of benzene rings is 2. The first-order valence-electron chi connectivity index (χ1n) is 7.27. The Hall–Kier alpha value is -2.60. The smallest absolute Gasteiger partial charge is 0.351 e. The van der Waals surface area contributed by atoms with E-state index in [0.29, 0.717) is 17.0 Å². The molecule has 1 atom stereocenters. The summed E-state index contributed by atoms with van der Waals surface area (Å²) in [4.78, 5) is 27.8. The Bertz CT molecular complexity index is 819. The molecule has 0 spiro atoms. The molecule has 0 aliphatic carbocycles. The van der Waals surface area contributed by atoms with Crippen molar-refractivity contribution >= 4 is 29.4 Å². The molecular weight excluding hydrogens is 326 g/mol. The van der Waals surface area contributed by atoms with E-state index in [2.05, 4.69) is 4.99 Å². The van der Waals surface area contributed by atoms with Crippen LogP contribution in [0.1, 0.15) is 12.5 Å². The van der Waals surface area contributed by atoms with E-state index in [1.807, 2.05) is 30.3 Å². The maximum atomic E-state index is 12.4. The lowest BCUT2D eigenvalue weighted by Crippen LogP contribution is -2.28. The summed E-state index contributed by atoms with van der Waals surface area (Å²) in [6.45, 7) is 1.33. The number of aliphatic imine (C=N–C) groups is 1. The zero-order valence-corrected chi connectivity index (χ0v) is 14.0. The van der Waals surface area contributed by atoms with Crippen molar-refractivity contribution < 1.29 is 19.1 Å². The number of ether oxygens (including phenoxy) is 2. The molecule has 1 heterocycles. The largest absolute Gasteiger partial charge is 0.466 e. The van der Waals surface area contributed by atoms with Gasteiger partial charge in [-0.3, -0.25) is 4.79 Å². The Morgan fingerprint density at radius 2 is 1.71 bits per heavy atom. The van der Waals surface area contributed by atoms with Gasteiger partial charge in [-0.1, -0.05) is 42.1 Å². The molecule has 122 valence electrons. The molecule has 0 bridgehead atoms. The zero-order chi connectivity index (χ0) is 17.2. The first kappa shape index (κ1) is 16.3. The zero-order valence-electron chi connectivity index (χ0n) is 13.2. The second kappa shape index (κ2) is 6.49. The van der Waals surface area contributed by atoms with Crippen molar-refractivity contribution in [3.8, 4) is 5.75 Å². The second-order valence-electron chi connectivity index (χ2n) is 5.10. The van der Waals surface area contributed by atoms with Crippen LogP contribution in [0.5, 0.6) is 5.75 Å². The Balaban J connectivity index is 1.93. The Morgan fingerprint density at radius 1 is 1.04 bits per heavy atom. The fourth-order valence-electron chi connectivity index (χ4n) is 2.33. The molecule has 6 heteroatoms. The predicted octanol–water partition coefficient (Wildman–Crippen LogP) is 3.08. The van der Waals surface area contributed by atoms with Crippen LogP contribution >= 0.6 is 11.8 Å². The number of thioether (sulfide) groups is 1. The summed E-state index contributed by atoms with van der Waals surface area (Å²) in [7, 11) is 1.33. The van der Waals surface area contributed by atoms with Gasteiger partial charge in [-0.2, -0.15) is 0 Å². The van der Waals surface area contributed by atoms with Gasteiger partial charge in [0, 0.05) is 17.4 Å². The number of nitrogens with zero attached hydrogens (tertiary/aromatic N) is 1. The van der Waals surface area contributed by atoms with E-state index >= 15 is 0 Å². The predicted molar refractivity (Wildman–Crippen MR) is 91.3 cm³/mol. The number of carbonyl (C=O) groups excluding carboxylic acids is 2. The van der Waals surface area contributed by atoms with E-state index in [4.69, 9.17) is 9.47 Å². The van der Waals surface area contributed by atoms with Crippen LogP contribution in [0.25, 0.3) is 0 Å². The third-order valence-electron chi connectivity index (χ3n) is 3.41. The molecule has 1 unspecified atom stereocenters. The maximum absolute atomic E-state index is 12.4. The number of esters is 2. The fourth-order valence-corrected chi connectivity index (χ4v) is 3.48. The molecule has 1 aliphatic rings. The summed E-state index contributed by atoms with van der Waals surface area (Å²) in [5.74, 6) is -0.504. The number of carbonyl (C=O) groups is 2. The van der Waals surface area contributed by atoms with Crippen LogP contribution in [0.4, 0.5) is 0 Å². The minimum atomic E-state index is -1.13. The molecule has 0 N–H and O–H groups in total. The van der Waals surface area contributed by atoms with Crippen molar-refractivity contribution in [2.24, 2.45) is 4.99 Å². The molecule has 2 aromatic carbocycles. The van der Waals surface area contributed by atoms with Gasteiger partial charge >= 0.3 is 11.9 Å². The van der Waals surface area contributed by atoms with Gasteiger partial charge in [-0.25, -0.2) is 9.79 Å². The quantitative estimate of drug-likeness (QED) is 0.618. The van der Waals surface area contributed by atoms with Crippen molar-refractivity contribution in [3.05, 3.63) is 60.2 Å². The molecule has 2 aromatic rings. The van der Waals surface area contributed by atoms with Crippen molar-refractivity contribution in [1.82, 2.24) is 0 Å². The van der Waals surface area contributed by atoms with Crippen LogP contribution in [0, 0.1) is 0 Å². The highest BCUT2D eigenvalue weighted by atomic mass is 32.2. The van der Waals surface area contributed by atoms with E-state index < -0.39 is 16.8 Å². The molecule has 0 saturated carbocycles. The van der Waals surface area contributed by atoms with Crippen LogP contribution in [-0.2, 0) is 14.3 Å². The van der Waals surface area contributed by atoms with Crippen molar-refractivity contribution in [2.75, 3.05) is 7.11 Å². The monoisotopic (exact) mass is 341 g/mol. The molecule has 0 radical (unpaired) electrons. The number of rotatable bonds is 5. The van der Waals surface area contributed by atoms with E-state index in [-0.39, 0.29) is 0 Å². The molecule has 0 fully saturated rings. The van der Waals surface area contributed by atoms with Gasteiger partial charge < -0.3 is 9.47 Å². The minimum Gasteiger partial charge on any atom is -0.466 e. The Labute approximate surface area is 143 Å². The normalized spacial score (nSPS) is 18.5. The van der Waals surface area contributed by atoms with Crippen molar-refractivity contribution in [2.45, 2.75) is 16.7 Å². The van der Waals surface area contributed by atoms with Gasteiger partial charge in [0.05, 0.1) is 12.8 Å². The lowest BCUT2D eigenvalue weighted by Gasteiger charge is -2.14. The number of para-hydroxylation sites is 1. The number of methoxy groups -OCH3 is 1. The van der Waals surface area contributed by atoms with Crippen LogP contribution in [-0.4, -0.2) is 29.6 Å². The summed E-state index contributed by atoms with van der Waals surface area (Å²) in [6, 6.07) is 16.5. The molecular formula is C18H15NO4S. The first-order chi connectivity index (χ1) is 11.6. The SMILES string of the molecule is COC(=O)C1(Sc2ccccc2)N=C1c1ccccc1OC(C)=O. The van der Waals surface area contributed by atoms with E-state index in [1.54, 1.807) is 24.3 Å². The standard InChI is InChI=1S/C18H15NO4S/c1-12(20)23-15-11-7-6-10-14(15)16-18(19-16,17(21)22-2)24-13-8-4-3-5-9-13/h3-11H,1-2H3. The van der Waals surface area contributed by atoms with Gasteiger partial charge in [0.2, 0.25) is 4.87 Å². The van der Waals surface area contributed by atoms with Crippen molar-refractivity contribution in [1.29, 1.82) is 0 Å². The third-order valence-corrected chi connectivity index (χ3v) is 4.66. The van der Waals surface area contributed by atoms with Gasteiger partial charge in [0.25, 0.3) is 0 Å². The van der Waals surface area contributed by atoms with Gasteiger partial charge in [0.1, 0.15) is 5.75 Å². The minimum absolute atomic E-state index is 0.378.